The Morgan fingerprint density at radius 3 is 1.26 bits per heavy atom. The Morgan fingerprint density at radius 1 is 0.619 bits per heavy atom. The number of ether oxygens (including phenoxy) is 2. The summed E-state index contributed by atoms with van der Waals surface area (Å²) in [5.74, 6) is -2.37. The summed E-state index contributed by atoms with van der Waals surface area (Å²) < 4.78 is 13.2. The van der Waals surface area contributed by atoms with Gasteiger partial charge in [0.1, 0.15) is 0 Å². The number of unbranched alkanes of at least 4 members (excludes halogenated alkanes) is 2. The molecule has 0 aromatic carbocycles. The molecule has 0 aromatic heterocycles. The molecule has 248 valence electrons. The molecule has 0 saturated heterocycles. The lowest BCUT2D eigenvalue weighted by atomic mass is 9.75. The third-order valence-corrected chi connectivity index (χ3v) is 9.51. The molecule has 2 aliphatic rings. The van der Waals surface area contributed by atoms with E-state index in [9.17, 15) is 4.79 Å². The standard InChI is InChI=1S/C35H66O7/c1-9-13-21-29(11-3)34(41-39-27(5)6,31-23-17-15-18-24-31)37-33(36)38-35(42-40-28(7)8,30(12-4)22-14-10-2)32-25-19-16-20-26-32/h27-32H,9-26H2,1-8H3. The summed E-state index contributed by atoms with van der Waals surface area (Å²) in [4.78, 5) is 38.8. The topological polar surface area (TPSA) is 72.5 Å². The van der Waals surface area contributed by atoms with Crippen molar-refractivity contribution < 1.29 is 33.8 Å². The first-order valence-electron chi connectivity index (χ1n) is 17.8. The first-order chi connectivity index (χ1) is 20.2. The lowest BCUT2D eigenvalue weighted by Gasteiger charge is -2.47. The van der Waals surface area contributed by atoms with Crippen molar-refractivity contribution in [1.29, 1.82) is 0 Å². The molecule has 7 heteroatoms. The summed E-state index contributed by atoms with van der Waals surface area (Å²) in [6.07, 6.45) is 17.0. The number of hydrogen-bond acceptors (Lipinski definition) is 7. The first-order valence-corrected chi connectivity index (χ1v) is 17.8. The van der Waals surface area contributed by atoms with Crippen molar-refractivity contribution in [2.24, 2.45) is 23.7 Å². The predicted molar refractivity (Wildman–Crippen MR) is 167 cm³/mol. The van der Waals surface area contributed by atoms with E-state index in [2.05, 4.69) is 27.7 Å². The largest absolute Gasteiger partial charge is 0.513 e. The second kappa shape index (κ2) is 19.5. The zero-order valence-electron chi connectivity index (χ0n) is 28.5. The Morgan fingerprint density at radius 2 is 0.976 bits per heavy atom. The van der Waals surface area contributed by atoms with E-state index in [4.69, 9.17) is 29.0 Å². The van der Waals surface area contributed by atoms with E-state index in [0.717, 1.165) is 103 Å². The van der Waals surface area contributed by atoms with E-state index in [1.54, 1.807) is 0 Å². The van der Waals surface area contributed by atoms with Crippen molar-refractivity contribution in [3.05, 3.63) is 0 Å². The van der Waals surface area contributed by atoms with Crippen LogP contribution in [0.5, 0.6) is 0 Å². The van der Waals surface area contributed by atoms with Crippen LogP contribution >= 0.6 is 0 Å². The van der Waals surface area contributed by atoms with Gasteiger partial charge in [-0.05, 0) is 79.1 Å². The Bertz CT molecular complexity index is 658. The molecule has 0 spiro atoms. The second-order valence-corrected chi connectivity index (χ2v) is 13.5. The average molecular weight is 599 g/mol. The zero-order valence-corrected chi connectivity index (χ0v) is 28.5. The van der Waals surface area contributed by atoms with Crippen LogP contribution in [0, 0.1) is 23.7 Å². The predicted octanol–water partition coefficient (Wildman–Crippen LogP) is 10.8. The molecule has 2 saturated carbocycles. The normalized spacial score (nSPS) is 21.6. The third kappa shape index (κ3) is 10.6. The molecule has 42 heavy (non-hydrogen) atoms. The summed E-state index contributed by atoms with van der Waals surface area (Å²) in [5, 5.41) is 0. The van der Waals surface area contributed by atoms with Gasteiger partial charge in [0, 0.05) is 23.7 Å². The number of carbonyl (C=O) groups is 1. The maximum atomic E-state index is 14.3. The van der Waals surface area contributed by atoms with Crippen LogP contribution in [0.3, 0.4) is 0 Å². The van der Waals surface area contributed by atoms with Gasteiger partial charge in [-0.15, -0.1) is 0 Å². The number of carbonyl (C=O) groups excluding carboxylic acids is 1. The summed E-state index contributed by atoms with van der Waals surface area (Å²) in [7, 11) is 0. The monoisotopic (exact) mass is 598 g/mol. The fraction of sp³-hybridized carbons (Fsp3) is 0.971. The van der Waals surface area contributed by atoms with Gasteiger partial charge >= 0.3 is 6.16 Å². The average Bonchev–Trinajstić information content (AvgIpc) is 2.99. The van der Waals surface area contributed by atoms with E-state index in [1.807, 2.05) is 27.7 Å². The van der Waals surface area contributed by atoms with Crippen molar-refractivity contribution >= 4 is 6.16 Å². The van der Waals surface area contributed by atoms with Gasteiger partial charge < -0.3 is 9.47 Å². The molecule has 0 aromatic rings. The SMILES string of the molecule is CCCCC(CC)C(OOC(C)C)(OC(=O)OC(OOC(C)C)(C(CC)CCCC)C1CCCCC1)C1CCCCC1. The Labute approximate surface area is 258 Å². The minimum Gasteiger partial charge on any atom is -0.398 e. The van der Waals surface area contributed by atoms with E-state index in [-0.39, 0.29) is 35.9 Å². The molecular formula is C35H66O7. The van der Waals surface area contributed by atoms with Gasteiger partial charge in [0.25, 0.3) is 11.6 Å². The highest BCUT2D eigenvalue weighted by molar-refractivity contribution is 5.61. The summed E-state index contributed by atoms with van der Waals surface area (Å²) >= 11 is 0. The highest BCUT2D eigenvalue weighted by Crippen LogP contribution is 2.48. The molecule has 0 N–H and O–H groups in total. The zero-order chi connectivity index (χ0) is 31.0. The smallest absolute Gasteiger partial charge is 0.398 e. The maximum absolute atomic E-state index is 14.3. The molecular weight excluding hydrogens is 532 g/mol. The van der Waals surface area contributed by atoms with Gasteiger partial charge in [-0.1, -0.05) is 91.9 Å². The molecule has 0 bridgehead atoms. The van der Waals surface area contributed by atoms with Crippen LogP contribution in [0.25, 0.3) is 0 Å². The minimum atomic E-state index is -1.21. The van der Waals surface area contributed by atoms with Crippen molar-refractivity contribution in [3.8, 4) is 0 Å². The van der Waals surface area contributed by atoms with E-state index < -0.39 is 17.7 Å². The quantitative estimate of drug-likeness (QED) is 0.0597. The molecule has 0 radical (unpaired) electrons. The molecule has 0 amide bonds. The van der Waals surface area contributed by atoms with E-state index >= 15 is 0 Å². The lowest BCUT2D eigenvalue weighted by Crippen LogP contribution is -2.56. The van der Waals surface area contributed by atoms with Crippen LogP contribution in [0.1, 0.15) is 171 Å². The summed E-state index contributed by atoms with van der Waals surface area (Å²) in [5.41, 5.74) is 0. The summed E-state index contributed by atoms with van der Waals surface area (Å²) in [6.45, 7) is 16.5. The van der Waals surface area contributed by atoms with E-state index in [1.165, 1.54) is 12.8 Å². The van der Waals surface area contributed by atoms with Crippen LogP contribution in [0.4, 0.5) is 4.79 Å². The van der Waals surface area contributed by atoms with Crippen LogP contribution in [0.2, 0.25) is 0 Å². The first kappa shape index (κ1) is 37.3. The van der Waals surface area contributed by atoms with Gasteiger partial charge in [-0.25, -0.2) is 14.6 Å². The van der Waals surface area contributed by atoms with Gasteiger partial charge in [0.2, 0.25) is 0 Å². The molecule has 0 heterocycles. The van der Waals surface area contributed by atoms with Gasteiger partial charge in [0.05, 0.1) is 12.2 Å². The van der Waals surface area contributed by atoms with Crippen molar-refractivity contribution in [1.82, 2.24) is 0 Å². The van der Waals surface area contributed by atoms with Crippen LogP contribution in [-0.2, 0) is 29.0 Å². The second-order valence-electron chi connectivity index (χ2n) is 13.5. The molecule has 0 aliphatic heterocycles. The molecule has 2 rings (SSSR count). The van der Waals surface area contributed by atoms with Crippen LogP contribution in [-0.4, -0.2) is 29.9 Å². The Hall–Kier alpha value is -0.890. The van der Waals surface area contributed by atoms with Crippen LogP contribution in [0.15, 0.2) is 0 Å². The van der Waals surface area contributed by atoms with Crippen LogP contribution < -0.4 is 0 Å². The Balaban J connectivity index is 2.56. The third-order valence-electron chi connectivity index (χ3n) is 9.51. The lowest BCUT2D eigenvalue weighted by molar-refractivity contribution is -0.478. The Kier molecular flexibility index (Phi) is 17.3. The highest BCUT2D eigenvalue weighted by Gasteiger charge is 2.55. The van der Waals surface area contributed by atoms with Crippen molar-refractivity contribution in [2.75, 3.05) is 0 Å². The summed E-state index contributed by atoms with van der Waals surface area (Å²) in [6, 6.07) is 0. The maximum Gasteiger partial charge on any atom is 0.513 e. The fourth-order valence-corrected chi connectivity index (χ4v) is 7.22. The number of rotatable bonds is 20. The molecule has 4 unspecified atom stereocenters. The molecule has 4 atom stereocenters. The van der Waals surface area contributed by atoms with Gasteiger partial charge in [-0.2, -0.15) is 9.78 Å². The van der Waals surface area contributed by atoms with Crippen molar-refractivity contribution in [2.45, 2.75) is 195 Å². The highest BCUT2D eigenvalue weighted by atomic mass is 17.2. The molecule has 7 nitrogen and oxygen atoms in total. The van der Waals surface area contributed by atoms with Gasteiger partial charge in [-0.3, -0.25) is 0 Å². The van der Waals surface area contributed by atoms with E-state index in [0.29, 0.717) is 0 Å². The van der Waals surface area contributed by atoms with Gasteiger partial charge in [0.15, 0.2) is 0 Å². The molecule has 2 aliphatic carbocycles. The molecule has 2 fully saturated rings. The number of hydrogen-bond donors (Lipinski definition) is 0. The minimum absolute atomic E-state index is 0.00849. The van der Waals surface area contributed by atoms with Crippen molar-refractivity contribution in [3.63, 3.8) is 0 Å². The fourth-order valence-electron chi connectivity index (χ4n) is 7.22.